The molecule has 0 spiro atoms. The number of nitro benzene ring substituents is 1. The summed E-state index contributed by atoms with van der Waals surface area (Å²) < 4.78 is 0. The normalized spacial score (nSPS) is 10.5. The maximum absolute atomic E-state index is 12.2. The van der Waals surface area contributed by atoms with Crippen LogP contribution in [0.3, 0.4) is 0 Å². The molecule has 1 heterocycles. The monoisotopic (exact) mass is 394 g/mol. The Morgan fingerprint density at radius 1 is 1.07 bits per heavy atom. The molecule has 1 aromatic heterocycles. The Labute approximate surface area is 166 Å². The Kier molecular flexibility index (Phi) is 6.00. The zero-order chi connectivity index (χ0) is 20.1. The van der Waals surface area contributed by atoms with E-state index in [2.05, 4.69) is 15.5 Å². The fourth-order valence-electron chi connectivity index (χ4n) is 2.50. The summed E-state index contributed by atoms with van der Waals surface area (Å²) in [6.45, 7) is 3.93. The van der Waals surface area contributed by atoms with Crippen molar-refractivity contribution in [1.82, 2.24) is 10.2 Å². The van der Waals surface area contributed by atoms with Crippen molar-refractivity contribution >= 4 is 29.0 Å². The summed E-state index contributed by atoms with van der Waals surface area (Å²) >= 11 is 1.29. The molecule has 7 nitrogen and oxygen atoms in total. The molecule has 0 radical (unpaired) electrons. The lowest BCUT2D eigenvalue weighted by Crippen LogP contribution is -2.15. The van der Waals surface area contributed by atoms with Crippen LogP contribution in [0.25, 0.3) is 11.3 Å². The Morgan fingerprint density at radius 2 is 1.82 bits per heavy atom. The van der Waals surface area contributed by atoms with Gasteiger partial charge in [-0.2, -0.15) is 0 Å². The van der Waals surface area contributed by atoms with Gasteiger partial charge in [-0.3, -0.25) is 14.9 Å². The van der Waals surface area contributed by atoms with Crippen molar-refractivity contribution in [3.8, 4) is 11.3 Å². The van der Waals surface area contributed by atoms with Gasteiger partial charge in [0.15, 0.2) is 0 Å². The fourth-order valence-corrected chi connectivity index (χ4v) is 3.12. The van der Waals surface area contributed by atoms with Gasteiger partial charge in [0.1, 0.15) is 5.03 Å². The van der Waals surface area contributed by atoms with Gasteiger partial charge in [0.2, 0.25) is 5.91 Å². The van der Waals surface area contributed by atoms with Gasteiger partial charge in [0.25, 0.3) is 5.69 Å². The molecular weight excluding hydrogens is 376 g/mol. The summed E-state index contributed by atoms with van der Waals surface area (Å²) in [6.07, 6.45) is 0. The fraction of sp³-hybridized carbons (Fsp3) is 0.150. The lowest BCUT2D eigenvalue weighted by atomic mass is 10.1. The maximum atomic E-state index is 12.2. The molecular formula is C20H18N4O3S. The van der Waals surface area contributed by atoms with Crippen LogP contribution in [-0.2, 0) is 4.79 Å². The third kappa shape index (κ3) is 4.92. The molecule has 0 unspecified atom stereocenters. The predicted octanol–water partition coefficient (Wildman–Crippen LogP) is 4.40. The van der Waals surface area contributed by atoms with E-state index < -0.39 is 4.92 Å². The number of anilines is 1. The van der Waals surface area contributed by atoms with Crippen LogP contribution in [0.5, 0.6) is 0 Å². The van der Waals surface area contributed by atoms with Gasteiger partial charge in [-0.05, 0) is 55.3 Å². The van der Waals surface area contributed by atoms with Crippen molar-refractivity contribution in [2.24, 2.45) is 0 Å². The van der Waals surface area contributed by atoms with Crippen LogP contribution in [0.15, 0.2) is 59.6 Å². The van der Waals surface area contributed by atoms with E-state index in [0.717, 1.165) is 22.4 Å². The highest BCUT2D eigenvalue weighted by Crippen LogP contribution is 2.23. The largest absolute Gasteiger partial charge is 0.325 e. The molecule has 8 heteroatoms. The lowest BCUT2D eigenvalue weighted by molar-refractivity contribution is -0.384. The first-order chi connectivity index (χ1) is 13.4. The number of hydrogen-bond donors (Lipinski definition) is 1. The number of nitro groups is 1. The van der Waals surface area contributed by atoms with Crippen molar-refractivity contribution in [3.63, 3.8) is 0 Å². The molecule has 3 aromatic rings. The molecule has 142 valence electrons. The summed E-state index contributed by atoms with van der Waals surface area (Å²) in [7, 11) is 0. The van der Waals surface area contributed by atoms with Crippen LogP contribution < -0.4 is 5.32 Å². The molecule has 0 aliphatic heterocycles. The molecule has 0 saturated carbocycles. The number of rotatable bonds is 6. The van der Waals surface area contributed by atoms with Gasteiger partial charge in [0.05, 0.1) is 16.4 Å². The number of amides is 1. The molecule has 2 aromatic carbocycles. The first kappa shape index (κ1) is 19.5. The smallest absolute Gasteiger partial charge is 0.269 e. The summed E-state index contributed by atoms with van der Waals surface area (Å²) in [5, 5.41) is 22.5. The van der Waals surface area contributed by atoms with Crippen LogP contribution in [-0.4, -0.2) is 26.8 Å². The lowest BCUT2D eigenvalue weighted by Gasteiger charge is -2.09. The molecule has 28 heavy (non-hydrogen) atoms. The average Bonchev–Trinajstić information content (AvgIpc) is 2.70. The third-order valence-corrected chi connectivity index (χ3v) is 4.95. The van der Waals surface area contributed by atoms with Crippen molar-refractivity contribution in [2.45, 2.75) is 18.9 Å². The molecule has 0 fully saturated rings. The molecule has 0 saturated heterocycles. The van der Waals surface area contributed by atoms with Crippen LogP contribution in [0.4, 0.5) is 11.4 Å². The third-order valence-electron chi connectivity index (χ3n) is 4.03. The first-order valence-corrected chi connectivity index (χ1v) is 9.49. The minimum absolute atomic E-state index is 0.0266. The Morgan fingerprint density at radius 3 is 2.46 bits per heavy atom. The van der Waals surface area contributed by atoms with Gasteiger partial charge >= 0.3 is 0 Å². The second-order valence-corrected chi connectivity index (χ2v) is 7.21. The number of benzene rings is 2. The SMILES string of the molecule is Cc1ccc(C)c(NC(=O)CSc2ccc(-c3ccc([N+](=O)[O-])cc3)nn2)c1. The van der Waals surface area contributed by atoms with E-state index in [1.165, 1.54) is 23.9 Å². The molecule has 3 rings (SSSR count). The minimum atomic E-state index is -0.446. The van der Waals surface area contributed by atoms with Crippen molar-refractivity contribution in [2.75, 3.05) is 11.1 Å². The quantitative estimate of drug-likeness (QED) is 0.378. The summed E-state index contributed by atoms with van der Waals surface area (Å²) in [4.78, 5) is 22.5. The van der Waals surface area contributed by atoms with E-state index in [-0.39, 0.29) is 17.3 Å². The molecule has 1 N–H and O–H groups in total. The second-order valence-electron chi connectivity index (χ2n) is 6.22. The van der Waals surface area contributed by atoms with Crippen molar-refractivity contribution in [1.29, 1.82) is 0 Å². The number of carbonyl (C=O) groups excluding carboxylic acids is 1. The highest BCUT2D eigenvalue weighted by Gasteiger charge is 2.09. The zero-order valence-corrected chi connectivity index (χ0v) is 16.2. The van der Waals surface area contributed by atoms with Gasteiger partial charge in [0, 0.05) is 23.4 Å². The van der Waals surface area contributed by atoms with E-state index in [4.69, 9.17) is 0 Å². The van der Waals surface area contributed by atoms with Crippen molar-refractivity contribution in [3.05, 3.63) is 75.8 Å². The van der Waals surface area contributed by atoms with E-state index in [1.807, 2.05) is 32.0 Å². The molecule has 1 amide bonds. The highest BCUT2D eigenvalue weighted by atomic mass is 32.2. The van der Waals surface area contributed by atoms with E-state index in [1.54, 1.807) is 24.3 Å². The summed E-state index contributed by atoms with van der Waals surface area (Å²) in [5.74, 6) is 0.110. The average molecular weight is 394 g/mol. The van der Waals surface area contributed by atoms with Crippen LogP contribution in [0.2, 0.25) is 0 Å². The number of aromatic nitrogens is 2. The Hall–Kier alpha value is -3.26. The van der Waals surface area contributed by atoms with E-state index in [0.29, 0.717) is 10.7 Å². The summed E-state index contributed by atoms with van der Waals surface area (Å²) in [5.41, 5.74) is 4.28. The van der Waals surface area contributed by atoms with E-state index in [9.17, 15) is 14.9 Å². The summed E-state index contributed by atoms with van der Waals surface area (Å²) in [6, 6.07) is 15.6. The van der Waals surface area contributed by atoms with Gasteiger partial charge in [-0.1, -0.05) is 23.9 Å². The standard InChI is InChI=1S/C20H18N4O3S/c1-13-3-4-14(2)18(11-13)21-19(25)12-28-20-10-9-17(22-23-20)15-5-7-16(8-6-15)24(26)27/h3-11H,12H2,1-2H3,(H,21,25). The Balaban J connectivity index is 1.59. The molecule has 0 aliphatic rings. The predicted molar refractivity (Wildman–Crippen MR) is 109 cm³/mol. The highest BCUT2D eigenvalue weighted by molar-refractivity contribution is 7.99. The number of nitrogens with one attached hydrogen (secondary N) is 1. The van der Waals surface area contributed by atoms with Crippen LogP contribution in [0.1, 0.15) is 11.1 Å². The Bertz CT molecular complexity index is 1000. The minimum Gasteiger partial charge on any atom is -0.325 e. The number of nitrogens with zero attached hydrogens (tertiary/aromatic N) is 3. The van der Waals surface area contributed by atoms with Crippen LogP contribution >= 0.6 is 11.8 Å². The van der Waals surface area contributed by atoms with Gasteiger partial charge in [-0.25, -0.2) is 0 Å². The maximum Gasteiger partial charge on any atom is 0.269 e. The van der Waals surface area contributed by atoms with Gasteiger partial charge in [-0.15, -0.1) is 10.2 Å². The molecule has 0 aliphatic carbocycles. The molecule has 0 bridgehead atoms. The number of aryl methyl sites for hydroxylation is 2. The van der Waals surface area contributed by atoms with E-state index >= 15 is 0 Å². The van der Waals surface area contributed by atoms with Gasteiger partial charge < -0.3 is 5.32 Å². The number of carbonyl (C=O) groups is 1. The number of thioether (sulfide) groups is 1. The van der Waals surface area contributed by atoms with Crippen LogP contribution in [0, 0.1) is 24.0 Å². The molecule has 0 atom stereocenters. The van der Waals surface area contributed by atoms with Crippen molar-refractivity contribution < 1.29 is 9.72 Å². The topological polar surface area (TPSA) is 98.0 Å². The number of non-ortho nitro benzene ring substituents is 1. The zero-order valence-electron chi connectivity index (χ0n) is 15.4. The first-order valence-electron chi connectivity index (χ1n) is 8.51. The number of hydrogen-bond acceptors (Lipinski definition) is 6. The second kappa shape index (κ2) is 8.62.